The Hall–Kier alpha value is -2.95. The lowest BCUT2D eigenvalue weighted by molar-refractivity contribution is -0.113. The Balaban J connectivity index is 1.53. The van der Waals surface area contributed by atoms with Gasteiger partial charge < -0.3 is 14.6 Å². The van der Waals surface area contributed by atoms with Gasteiger partial charge in [-0.1, -0.05) is 55.9 Å². The van der Waals surface area contributed by atoms with Gasteiger partial charge in [0.15, 0.2) is 11.0 Å². The van der Waals surface area contributed by atoms with Crippen molar-refractivity contribution in [2.24, 2.45) is 0 Å². The largest absolute Gasteiger partial charge is 0.465 e. The summed E-state index contributed by atoms with van der Waals surface area (Å²) in [5.74, 6) is 0.271. The molecule has 10 heteroatoms. The molecular formula is C26H28N4O3S3. The number of aryl methyl sites for hydroxylation is 2. The van der Waals surface area contributed by atoms with E-state index in [1.165, 1.54) is 35.1 Å². The van der Waals surface area contributed by atoms with Gasteiger partial charge in [-0.25, -0.2) is 4.79 Å². The Kier molecular flexibility index (Phi) is 8.60. The van der Waals surface area contributed by atoms with Crippen molar-refractivity contribution in [3.63, 3.8) is 0 Å². The van der Waals surface area contributed by atoms with E-state index in [4.69, 9.17) is 4.74 Å². The highest BCUT2D eigenvalue weighted by Crippen LogP contribution is 2.40. The fraction of sp³-hybridized carbons (Fsp3) is 0.308. The number of amides is 1. The first-order valence-electron chi connectivity index (χ1n) is 11.7. The number of hydrogen-bond acceptors (Lipinski definition) is 8. The predicted molar refractivity (Wildman–Crippen MR) is 148 cm³/mol. The van der Waals surface area contributed by atoms with E-state index in [9.17, 15) is 9.59 Å². The highest BCUT2D eigenvalue weighted by molar-refractivity contribution is 7.99. The van der Waals surface area contributed by atoms with E-state index in [2.05, 4.69) is 45.4 Å². The third kappa shape index (κ3) is 5.55. The van der Waals surface area contributed by atoms with E-state index in [1.54, 1.807) is 11.3 Å². The molecular weight excluding hydrogens is 513 g/mol. The Morgan fingerprint density at radius 1 is 1.14 bits per heavy atom. The first kappa shape index (κ1) is 26.1. The third-order valence-electron chi connectivity index (χ3n) is 5.55. The number of nitrogens with one attached hydrogen (secondary N) is 1. The maximum atomic E-state index is 13.0. The van der Waals surface area contributed by atoms with E-state index in [-0.39, 0.29) is 11.7 Å². The van der Waals surface area contributed by atoms with E-state index < -0.39 is 5.97 Å². The second kappa shape index (κ2) is 11.9. The van der Waals surface area contributed by atoms with E-state index >= 15 is 0 Å². The van der Waals surface area contributed by atoms with Crippen LogP contribution in [0, 0.1) is 6.92 Å². The molecule has 0 spiro atoms. The van der Waals surface area contributed by atoms with Crippen LogP contribution in [0.5, 0.6) is 0 Å². The number of carbonyl (C=O) groups is 2. The van der Waals surface area contributed by atoms with Crippen LogP contribution in [0.4, 0.5) is 5.00 Å². The van der Waals surface area contributed by atoms with E-state index in [1.807, 2.05) is 37.3 Å². The fourth-order valence-corrected chi connectivity index (χ4v) is 6.55. The summed E-state index contributed by atoms with van der Waals surface area (Å²) in [4.78, 5) is 27.9. The van der Waals surface area contributed by atoms with Crippen molar-refractivity contribution in [2.75, 3.05) is 18.2 Å². The third-order valence-corrected chi connectivity index (χ3v) is 8.61. The number of nitrogens with zero attached hydrogens (tertiary/aromatic N) is 3. The average molecular weight is 541 g/mol. The SMILES string of the molecule is CCCn1c(SCC(=O)Nc2sc(C)c(-c3ccccc3)c2C(=O)OC)nnc1-c1csc(CC)c1. The summed E-state index contributed by atoms with van der Waals surface area (Å²) in [7, 11) is 1.35. The van der Waals surface area contributed by atoms with Crippen LogP contribution in [0.25, 0.3) is 22.5 Å². The second-order valence-electron chi connectivity index (χ2n) is 8.04. The number of benzene rings is 1. The highest BCUT2D eigenvalue weighted by Gasteiger charge is 2.25. The summed E-state index contributed by atoms with van der Waals surface area (Å²) in [6.07, 6.45) is 1.91. The van der Waals surface area contributed by atoms with Crippen LogP contribution < -0.4 is 5.32 Å². The lowest BCUT2D eigenvalue weighted by Crippen LogP contribution is -2.16. The number of thioether (sulfide) groups is 1. The maximum Gasteiger partial charge on any atom is 0.341 e. The van der Waals surface area contributed by atoms with Crippen LogP contribution >= 0.6 is 34.4 Å². The van der Waals surface area contributed by atoms with Gasteiger partial charge in [0.25, 0.3) is 0 Å². The molecule has 0 saturated heterocycles. The van der Waals surface area contributed by atoms with Crippen LogP contribution in [0.1, 0.15) is 40.4 Å². The number of methoxy groups -OCH3 is 1. The minimum atomic E-state index is -0.476. The molecule has 0 fully saturated rings. The van der Waals surface area contributed by atoms with Gasteiger partial charge in [-0.3, -0.25) is 4.79 Å². The molecule has 3 aromatic heterocycles. The van der Waals surface area contributed by atoms with Gasteiger partial charge in [-0.15, -0.1) is 32.9 Å². The molecule has 0 radical (unpaired) electrons. The van der Waals surface area contributed by atoms with Gasteiger partial charge in [0.05, 0.1) is 12.9 Å². The molecule has 36 heavy (non-hydrogen) atoms. The summed E-state index contributed by atoms with van der Waals surface area (Å²) in [6.45, 7) is 6.94. The molecule has 7 nitrogen and oxygen atoms in total. The van der Waals surface area contributed by atoms with Crippen molar-refractivity contribution in [1.29, 1.82) is 0 Å². The minimum Gasteiger partial charge on any atom is -0.465 e. The summed E-state index contributed by atoms with van der Waals surface area (Å²) < 4.78 is 7.12. The lowest BCUT2D eigenvalue weighted by atomic mass is 10.0. The standard InChI is InChI=1S/C26H28N4O3S3/c1-5-12-30-23(18-13-19(6-2)34-14-18)28-29-26(30)35-15-20(31)27-24-22(25(32)33-4)21(16(3)36-24)17-10-8-7-9-11-17/h7-11,13-14H,5-6,12,15H2,1-4H3,(H,27,31). The van der Waals surface area contributed by atoms with Crippen LogP contribution in [-0.4, -0.2) is 39.5 Å². The van der Waals surface area contributed by atoms with Gasteiger partial charge in [0, 0.05) is 32.8 Å². The van der Waals surface area contributed by atoms with Crippen molar-refractivity contribution in [2.45, 2.75) is 45.3 Å². The quantitative estimate of drug-likeness (QED) is 0.182. The summed E-state index contributed by atoms with van der Waals surface area (Å²) in [5, 5.41) is 15.0. The number of aromatic nitrogens is 3. The number of rotatable bonds is 10. The van der Waals surface area contributed by atoms with Crippen molar-refractivity contribution in [1.82, 2.24) is 14.8 Å². The van der Waals surface area contributed by atoms with Gasteiger partial charge in [-0.05, 0) is 31.4 Å². The van der Waals surface area contributed by atoms with Crippen molar-refractivity contribution in [3.05, 3.63) is 57.1 Å². The lowest BCUT2D eigenvalue weighted by Gasteiger charge is -2.09. The molecule has 0 aliphatic rings. The van der Waals surface area contributed by atoms with Crippen LogP contribution in [0.15, 0.2) is 46.9 Å². The zero-order valence-electron chi connectivity index (χ0n) is 20.7. The first-order valence-corrected chi connectivity index (χ1v) is 14.4. The number of ether oxygens (including phenoxy) is 1. The topological polar surface area (TPSA) is 86.1 Å². The van der Waals surface area contributed by atoms with Crippen LogP contribution in [-0.2, 0) is 22.5 Å². The first-order chi connectivity index (χ1) is 17.5. The normalized spacial score (nSPS) is 11.0. The smallest absolute Gasteiger partial charge is 0.341 e. The van der Waals surface area contributed by atoms with Gasteiger partial charge in [0.1, 0.15) is 10.6 Å². The van der Waals surface area contributed by atoms with Crippen molar-refractivity contribution >= 4 is 51.3 Å². The molecule has 4 aromatic rings. The summed E-state index contributed by atoms with van der Waals surface area (Å²) in [5.41, 5.74) is 3.12. The summed E-state index contributed by atoms with van der Waals surface area (Å²) >= 11 is 4.43. The molecule has 1 N–H and O–H groups in total. The zero-order chi connectivity index (χ0) is 25.7. The molecule has 1 aromatic carbocycles. The van der Waals surface area contributed by atoms with Crippen molar-refractivity contribution in [3.8, 4) is 22.5 Å². The van der Waals surface area contributed by atoms with E-state index in [0.29, 0.717) is 15.7 Å². The van der Waals surface area contributed by atoms with Crippen LogP contribution in [0.2, 0.25) is 0 Å². The monoisotopic (exact) mass is 540 g/mol. The average Bonchev–Trinajstić information content (AvgIpc) is 3.60. The Bertz CT molecular complexity index is 1360. The number of anilines is 1. The summed E-state index contributed by atoms with van der Waals surface area (Å²) in [6, 6.07) is 11.8. The second-order valence-corrected chi connectivity index (χ2v) is 11.2. The molecule has 3 heterocycles. The molecule has 1 amide bonds. The van der Waals surface area contributed by atoms with E-state index in [0.717, 1.165) is 46.8 Å². The molecule has 0 unspecified atom stereocenters. The number of hydrogen-bond donors (Lipinski definition) is 1. The van der Waals surface area contributed by atoms with Crippen LogP contribution in [0.3, 0.4) is 0 Å². The van der Waals surface area contributed by atoms with Gasteiger partial charge >= 0.3 is 5.97 Å². The predicted octanol–water partition coefficient (Wildman–Crippen LogP) is 6.53. The Morgan fingerprint density at radius 2 is 1.92 bits per heavy atom. The molecule has 0 bridgehead atoms. The van der Waals surface area contributed by atoms with Crippen molar-refractivity contribution < 1.29 is 14.3 Å². The molecule has 188 valence electrons. The fourth-order valence-electron chi connectivity index (χ4n) is 3.89. The molecule has 0 saturated carbocycles. The number of thiophene rings is 2. The molecule has 0 atom stereocenters. The Labute approximate surface area is 222 Å². The highest BCUT2D eigenvalue weighted by atomic mass is 32.2. The maximum absolute atomic E-state index is 13.0. The molecule has 0 aliphatic heterocycles. The Morgan fingerprint density at radius 3 is 2.58 bits per heavy atom. The molecule has 4 rings (SSSR count). The minimum absolute atomic E-state index is 0.143. The van der Waals surface area contributed by atoms with Gasteiger partial charge in [0.2, 0.25) is 5.91 Å². The molecule has 0 aliphatic carbocycles. The number of carbonyl (C=O) groups excluding carboxylic acids is 2. The number of esters is 1. The van der Waals surface area contributed by atoms with Gasteiger partial charge in [-0.2, -0.15) is 0 Å². The zero-order valence-corrected chi connectivity index (χ0v) is 23.1.